The highest BCUT2D eigenvalue weighted by atomic mass is 19.1. The van der Waals surface area contributed by atoms with Crippen molar-refractivity contribution < 1.29 is 38.5 Å². The number of carbonyl (C=O) groups excluding carboxylic acids is 3. The number of hydrogen-bond donors (Lipinski definition) is 3. The molecule has 4 rings (SSSR count). The summed E-state index contributed by atoms with van der Waals surface area (Å²) in [5, 5.41) is 26.5. The Morgan fingerprint density at radius 2 is 1.92 bits per heavy atom. The Balaban J connectivity index is 1.50. The molecule has 2 aromatic rings. The zero-order valence-electron chi connectivity index (χ0n) is 28.1. The number of nitrogens with one attached hydrogen (secondary N) is 1. The third-order valence-electron chi connectivity index (χ3n) is 8.74. The number of piperazine rings is 1. The van der Waals surface area contributed by atoms with E-state index >= 15 is 0 Å². The lowest BCUT2D eigenvalue weighted by Crippen LogP contribution is -2.49. The second-order valence-corrected chi connectivity index (χ2v) is 12.9. The Morgan fingerprint density at radius 1 is 1.17 bits per heavy atom. The van der Waals surface area contributed by atoms with Crippen LogP contribution in [0.15, 0.2) is 54.4 Å². The molecule has 262 valence electrons. The summed E-state index contributed by atoms with van der Waals surface area (Å²) in [6, 6.07) is 6.04. The summed E-state index contributed by atoms with van der Waals surface area (Å²) < 4.78 is 28.1. The standard InChI is InChI=1S/C35H48FN5O7/c1-23-6-8-30(43)20-33(45)48-34(24(2)7-9-31(23)47-35(46)38-26(4)22-42)25(3)16-27-17-28(36)19-29(18-27)39-12-14-40(15-13-39)32(44)21-41-11-5-10-37-41/h5,7,9-11,16-19,23-24,26,30-31,34,42-43H,6,8,12-15,20-22H2,1-4H3,(H,38,46)/b9-7+,25-16+/t23-,24+,26-,30-,31+,34+/m0/s1. The molecule has 0 unspecified atom stereocenters. The zero-order chi connectivity index (χ0) is 34.8. The van der Waals surface area contributed by atoms with E-state index in [1.54, 1.807) is 54.0 Å². The number of benzene rings is 1. The smallest absolute Gasteiger partial charge is 0.408 e. The summed E-state index contributed by atoms with van der Waals surface area (Å²) in [6.45, 7) is 9.26. The van der Waals surface area contributed by atoms with Gasteiger partial charge in [-0.05, 0) is 74.1 Å². The van der Waals surface area contributed by atoms with Crippen LogP contribution in [0.4, 0.5) is 14.9 Å². The Morgan fingerprint density at radius 3 is 2.60 bits per heavy atom. The van der Waals surface area contributed by atoms with E-state index in [1.807, 2.05) is 30.9 Å². The van der Waals surface area contributed by atoms with Gasteiger partial charge in [-0.1, -0.05) is 26.0 Å². The van der Waals surface area contributed by atoms with E-state index < -0.39 is 42.2 Å². The predicted octanol–water partition coefficient (Wildman–Crippen LogP) is 3.53. The highest BCUT2D eigenvalue weighted by Crippen LogP contribution is 2.27. The SMILES string of the molecule is C/C(=C\c1cc(F)cc(N2CCN(C(=O)Cn3cccn3)CC2)c1)[C@@H]1OC(=O)C[C@@H](O)CC[C@H](C)[C@H](OC(=O)N[C@@H](C)CO)/C=C/[C@H]1C. The largest absolute Gasteiger partial charge is 0.457 e. The molecular formula is C35H48FN5O7. The maximum absolute atomic E-state index is 14.9. The monoisotopic (exact) mass is 669 g/mol. The number of amides is 2. The van der Waals surface area contributed by atoms with Crippen LogP contribution in [0.3, 0.4) is 0 Å². The molecule has 48 heavy (non-hydrogen) atoms. The van der Waals surface area contributed by atoms with Crippen molar-refractivity contribution in [3.8, 4) is 0 Å². The number of esters is 1. The molecule has 0 saturated carbocycles. The van der Waals surface area contributed by atoms with E-state index in [4.69, 9.17) is 9.47 Å². The van der Waals surface area contributed by atoms with Gasteiger partial charge < -0.3 is 34.8 Å². The molecule has 6 atom stereocenters. The number of hydrogen-bond acceptors (Lipinski definition) is 9. The van der Waals surface area contributed by atoms with Crippen LogP contribution in [0, 0.1) is 17.7 Å². The minimum Gasteiger partial charge on any atom is -0.457 e. The number of nitrogens with zero attached hydrogens (tertiary/aromatic N) is 4. The number of alkyl carbamates (subject to hydrolysis) is 1. The van der Waals surface area contributed by atoms with E-state index in [-0.39, 0.29) is 37.3 Å². The van der Waals surface area contributed by atoms with Crippen molar-refractivity contribution in [2.45, 2.75) is 77.9 Å². The molecular weight excluding hydrogens is 621 g/mol. The van der Waals surface area contributed by atoms with Crippen molar-refractivity contribution in [2.24, 2.45) is 11.8 Å². The Hall–Kier alpha value is -4.23. The molecule has 0 bridgehead atoms. The summed E-state index contributed by atoms with van der Waals surface area (Å²) in [4.78, 5) is 41.9. The maximum atomic E-state index is 14.9. The van der Waals surface area contributed by atoms with Crippen LogP contribution in [-0.2, 0) is 25.6 Å². The van der Waals surface area contributed by atoms with E-state index in [2.05, 4.69) is 10.4 Å². The first kappa shape index (κ1) is 36.6. The molecule has 2 aliphatic heterocycles. The fraction of sp³-hybridized carbons (Fsp3) is 0.543. The summed E-state index contributed by atoms with van der Waals surface area (Å²) in [6.07, 6.45) is 6.42. The van der Waals surface area contributed by atoms with Crippen molar-refractivity contribution in [1.82, 2.24) is 20.0 Å². The van der Waals surface area contributed by atoms with Gasteiger partial charge in [0.15, 0.2) is 0 Å². The number of aliphatic hydroxyl groups excluding tert-OH is 2. The Kier molecular flexibility index (Phi) is 13.2. The molecule has 1 saturated heterocycles. The van der Waals surface area contributed by atoms with Gasteiger partial charge in [0, 0.05) is 50.2 Å². The number of aliphatic hydroxyl groups is 2. The van der Waals surface area contributed by atoms with Crippen molar-refractivity contribution >= 4 is 29.7 Å². The molecule has 0 radical (unpaired) electrons. The van der Waals surface area contributed by atoms with Crippen LogP contribution in [0.25, 0.3) is 6.08 Å². The first-order valence-electron chi connectivity index (χ1n) is 16.5. The molecule has 1 aromatic carbocycles. The third kappa shape index (κ3) is 10.6. The number of rotatable bonds is 8. The molecule has 13 heteroatoms. The lowest BCUT2D eigenvalue weighted by molar-refractivity contribution is -0.151. The zero-order valence-corrected chi connectivity index (χ0v) is 28.1. The number of ether oxygens (including phenoxy) is 2. The number of cyclic esters (lactones) is 1. The fourth-order valence-electron chi connectivity index (χ4n) is 5.91. The van der Waals surface area contributed by atoms with Gasteiger partial charge in [0.1, 0.15) is 24.6 Å². The second-order valence-electron chi connectivity index (χ2n) is 12.9. The van der Waals surface area contributed by atoms with Gasteiger partial charge in [0.25, 0.3) is 0 Å². The summed E-state index contributed by atoms with van der Waals surface area (Å²) in [7, 11) is 0. The Bertz CT molecular complexity index is 1440. The van der Waals surface area contributed by atoms with Gasteiger partial charge in [0.2, 0.25) is 5.91 Å². The first-order valence-corrected chi connectivity index (χ1v) is 16.5. The molecule has 3 N–H and O–H groups in total. The van der Waals surface area contributed by atoms with E-state index in [1.165, 1.54) is 12.1 Å². The second kappa shape index (κ2) is 17.3. The topological polar surface area (TPSA) is 146 Å². The summed E-state index contributed by atoms with van der Waals surface area (Å²) in [5.41, 5.74) is 1.93. The average Bonchev–Trinajstić information content (AvgIpc) is 3.56. The van der Waals surface area contributed by atoms with Crippen LogP contribution in [0.1, 0.15) is 52.5 Å². The lowest BCUT2D eigenvalue weighted by atomic mass is 9.91. The highest BCUT2D eigenvalue weighted by Gasteiger charge is 2.28. The van der Waals surface area contributed by atoms with Crippen molar-refractivity contribution in [3.05, 3.63) is 65.8 Å². The summed E-state index contributed by atoms with van der Waals surface area (Å²) >= 11 is 0. The Labute approximate surface area is 281 Å². The van der Waals surface area contributed by atoms with Gasteiger partial charge in [0.05, 0.1) is 25.2 Å². The predicted molar refractivity (Wildman–Crippen MR) is 178 cm³/mol. The summed E-state index contributed by atoms with van der Waals surface area (Å²) in [5.74, 6) is -1.51. The van der Waals surface area contributed by atoms with Crippen molar-refractivity contribution in [2.75, 3.05) is 37.7 Å². The molecule has 12 nitrogen and oxygen atoms in total. The maximum Gasteiger partial charge on any atom is 0.408 e. The van der Waals surface area contributed by atoms with Crippen LogP contribution < -0.4 is 10.2 Å². The molecule has 1 aromatic heterocycles. The first-order chi connectivity index (χ1) is 22.9. The third-order valence-corrected chi connectivity index (χ3v) is 8.74. The number of aromatic nitrogens is 2. The van der Waals surface area contributed by atoms with Gasteiger partial charge in [-0.2, -0.15) is 5.10 Å². The van der Waals surface area contributed by atoms with E-state index in [0.717, 1.165) is 0 Å². The number of halogens is 1. The number of carbonyl (C=O) groups is 3. The lowest BCUT2D eigenvalue weighted by Gasteiger charge is -2.36. The van der Waals surface area contributed by atoms with E-state index in [0.29, 0.717) is 55.8 Å². The van der Waals surface area contributed by atoms with Gasteiger partial charge in [-0.15, -0.1) is 0 Å². The van der Waals surface area contributed by atoms with Crippen molar-refractivity contribution in [1.29, 1.82) is 0 Å². The quantitative estimate of drug-likeness (QED) is 0.284. The minimum atomic E-state index is -0.931. The van der Waals surface area contributed by atoms with E-state index in [9.17, 15) is 29.0 Å². The molecule has 3 heterocycles. The van der Waals surface area contributed by atoms with Crippen LogP contribution in [0.5, 0.6) is 0 Å². The molecule has 0 spiro atoms. The molecule has 2 aliphatic rings. The molecule has 1 fully saturated rings. The fourth-order valence-corrected chi connectivity index (χ4v) is 5.91. The van der Waals surface area contributed by atoms with Gasteiger partial charge in [-0.25, -0.2) is 9.18 Å². The van der Waals surface area contributed by atoms with Crippen LogP contribution in [0.2, 0.25) is 0 Å². The average molecular weight is 670 g/mol. The van der Waals surface area contributed by atoms with Gasteiger partial charge >= 0.3 is 12.1 Å². The highest BCUT2D eigenvalue weighted by molar-refractivity contribution is 5.76. The molecule has 2 amide bonds. The van der Waals surface area contributed by atoms with Crippen molar-refractivity contribution in [3.63, 3.8) is 0 Å². The normalized spacial score (nSPS) is 25.7. The van der Waals surface area contributed by atoms with Crippen LogP contribution in [-0.4, -0.2) is 100 Å². The van der Waals surface area contributed by atoms with Crippen LogP contribution >= 0.6 is 0 Å². The minimum absolute atomic E-state index is 0.0222. The van der Waals surface area contributed by atoms with Gasteiger partial charge in [-0.3, -0.25) is 14.3 Å². The molecule has 0 aliphatic carbocycles. The number of anilines is 1.